The summed E-state index contributed by atoms with van der Waals surface area (Å²) in [6.07, 6.45) is 6.21. The van der Waals surface area contributed by atoms with Gasteiger partial charge in [-0.2, -0.15) is 0 Å². The molecule has 2 saturated carbocycles. The number of hydrogen-bond donors (Lipinski definition) is 6. The molecule has 4 aliphatic rings. The Labute approximate surface area is 460 Å². The summed E-state index contributed by atoms with van der Waals surface area (Å²) < 4.78 is 55.2. The molecule has 8 N–H and O–H groups in total. The Balaban J connectivity index is 0.000000190. The molecule has 6 aromatic rings. The number of ether oxygens (including phenoxy) is 4. The standard InChI is InChI=1S/2C30H30ClFN2O5/c2*1-38-24-13-11-20(28(33)35)26(27(24)32)25-21-15-30(18-5-3-2-4-6-18,39-23(21)14-12-22(25)31)16-34-19-9-7-17(8-10-19)29(36)37/h2*2-6,11-14,17,19,34H,7-10,15-16H2,1H3,(H2,33,35)(H,36,37)/t2*17?,19?,30-/m11/s1. The van der Waals surface area contributed by atoms with Gasteiger partial charge in [-0.15, -0.1) is 0 Å². The van der Waals surface area contributed by atoms with Gasteiger partial charge in [0, 0.05) is 81.4 Å². The summed E-state index contributed by atoms with van der Waals surface area (Å²) in [5.41, 5.74) is 13.4. The monoisotopic (exact) mass is 1100 g/mol. The van der Waals surface area contributed by atoms with E-state index >= 15 is 8.78 Å². The summed E-state index contributed by atoms with van der Waals surface area (Å²) in [6.45, 7) is 0.878. The second-order valence-electron chi connectivity index (χ2n) is 20.3. The van der Waals surface area contributed by atoms with Crippen molar-refractivity contribution in [2.24, 2.45) is 23.3 Å². The third-order valence-electron chi connectivity index (χ3n) is 15.8. The molecule has 2 atom stereocenters. The highest BCUT2D eigenvalue weighted by Crippen LogP contribution is 2.52. The molecule has 2 fully saturated rings. The van der Waals surface area contributed by atoms with Crippen molar-refractivity contribution in [3.8, 4) is 45.3 Å². The van der Waals surface area contributed by atoms with Gasteiger partial charge in [-0.1, -0.05) is 83.9 Å². The van der Waals surface area contributed by atoms with E-state index in [4.69, 9.17) is 53.6 Å². The number of nitrogens with two attached hydrogens (primary N) is 2. The van der Waals surface area contributed by atoms with Crippen LogP contribution in [0.5, 0.6) is 23.0 Å². The zero-order valence-electron chi connectivity index (χ0n) is 43.0. The lowest BCUT2D eigenvalue weighted by Crippen LogP contribution is -2.46. The van der Waals surface area contributed by atoms with Gasteiger partial charge in [-0.25, -0.2) is 8.78 Å². The zero-order valence-corrected chi connectivity index (χ0v) is 44.5. The number of hydrogen-bond acceptors (Lipinski definition) is 10. The summed E-state index contributed by atoms with van der Waals surface area (Å²) >= 11 is 13.4. The lowest BCUT2D eigenvalue weighted by atomic mass is 9.83. The first-order valence-corrected chi connectivity index (χ1v) is 26.6. The zero-order chi connectivity index (χ0) is 55.5. The molecule has 2 aliphatic carbocycles. The van der Waals surface area contributed by atoms with E-state index in [-0.39, 0.29) is 67.7 Å². The summed E-state index contributed by atoms with van der Waals surface area (Å²) in [7, 11) is 2.70. The molecule has 18 heteroatoms. The maximum Gasteiger partial charge on any atom is 0.306 e. The average Bonchev–Trinajstić information content (AvgIpc) is 4.26. The van der Waals surface area contributed by atoms with Gasteiger partial charge in [0.05, 0.1) is 37.2 Å². The van der Waals surface area contributed by atoms with Crippen molar-refractivity contribution in [3.05, 3.63) is 164 Å². The van der Waals surface area contributed by atoms with Crippen molar-refractivity contribution in [1.29, 1.82) is 0 Å². The van der Waals surface area contributed by atoms with Crippen LogP contribution in [0.2, 0.25) is 10.0 Å². The Morgan fingerprint density at radius 3 is 1.23 bits per heavy atom. The average molecular weight is 1110 g/mol. The molecule has 6 aromatic carbocycles. The molecule has 0 saturated heterocycles. The van der Waals surface area contributed by atoms with Crippen LogP contribution >= 0.6 is 23.2 Å². The van der Waals surface area contributed by atoms with Gasteiger partial charge in [0.25, 0.3) is 0 Å². The summed E-state index contributed by atoms with van der Waals surface area (Å²) in [5, 5.41) is 26.4. The van der Waals surface area contributed by atoms with Crippen molar-refractivity contribution >= 4 is 47.0 Å². The SMILES string of the molecule is COc1ccc(C(N)=O)c(-c2c(Cl)ccc3c2C[C@@](CNC2CCC(C(=O)O)CC2)(c2ccccc2)O3)c1F.COc1ccc(C(N)=O)c(-c2c(Cl)ccc3c2C[C@@](CNC2CCC(C(=O)O)CC2)(c2ccccc2)O3)c1F. The minimum Gasteiger partial charge on any atom is -0.494 e. The van der Waals surface area contributed by atoms with E-state index in [0.717, 1.165) is 36.8 Å². The maximum absolute atomic E-state index is 15.7. The van der Waals surface area contributed by atoms with Crippen molar-refractivity contribution < 1.29 is 57.1 Å². The molecule has 2 heterocycles. The smallest absolute Gasteiger partial charge is 0.306 e. The van der Waals surface area contributed by atoms with E-state index in [0.29, 0.717) is 85.4 Å². The van der Waals surface area contributed by atoms with Gasteiger partial charge in [-0.05, 0) is 111 Å². The van der Waals surface area contributed by atoms with Crippen LogP contribution in [0, 0.1) is 23.5 Å². The fourth-order valence-corrected chi connectivity index (χ4v) is 12.1. The topological polar surface area (TPSA) is 222 Å². The molecular formula is C60H60Cl2F2N4O10. The second-order valence-corrected chi connectivity index (χ2v) is 21.2. The van der Waals surface area contributed by atoms with Crippen LogP contribution < -0.4 is 41.0 Å². The molecule has 10 rings (SSSR count). The van der Waals surface area contributed by atoms with Gasteiger partial charge in [0.15, 0.2) is 34.3 Å². The van der Waals surface area contributed by atoms with Crippen LogP contribution in [-0.2, 0) is 33.6 Å². The lowest BCUT2D eigenvalue weighted by molar-refractivity contribution is -0.143. The number of carbonyl (C=O) groups excluding carboxylic acids is 2. The number of primary amides is 2. The molecule has 0 radical (unpaired) electrons. The number of aliphatic carboxylic acids is 2. The fourth-order valence-electron chi connectivity index (χ4n) is 11.6. The Hall–Kier alpha value is -7.24. The number of carboxylic acid groups (broad SMARTS) is 2. The number of fused-ring (bicyclic) bond motifs is 2. The molecule has 2 aliphatic heterocycles. The number of carbonyl (C=O) groups is 4. The minimum atomic E-state index is -0.838. The molecule has 0 unspecified atom stereocenters. The number of rotatable bonds is 16. The number of nitrogens with one attached hydrogen (secondary N) is 2. The third kappa shape index (κ3) is 11.1. The maximum atomic E-state index is 15.7. The van der Waals surface area contributed by atoms with Crippen LogP contribution in [0.3, 0.4) is 0 Å². The van der Waals surface area contributed by atoms with E-state index in [2.05, 4.69) is 10.6 Å². The molecular weight excluding hydrogens is 1050 g/mol. The first kappa shape index (κ1) is 55.5. The predicted octanol–water partition coefficient (Wildman–Crippen LogP) is 10.6. The van der Waals surface area contributed by atoms with Gasteiger partial charge in [0.1, 0.15) is 11.5 Å². The van der Waals surface area contributed by atoms with E-state index in [1.807, 2.05) is 60.7 Å². The van der Waals surface area contributed by atoms with Gasteiger partial charge < -0.3 is 51.3 Å². The Kier molecular flexibility index (Phi) is 16.6. The number of methoxy groups -OCH3 is 2. The Morgan fingerprint density at radius 1 is 0.551 bits per heavy atom. The molecule has 2 amide bonds. The highest BCUT2D eigenvalue weighted by molar-refractivity contribution is 6.34. The lowest BCUT2D eigenvalue weighted by Gasteiger charge is -2.34. The van der Waals surface area contributed by atoms with Crippen molar-refractivity contribution in [2.75, 3.05) is 27.3 Å². The van der Waals surface area contributed by atoms with Gasteiger partial charge in [0.2, 0.25) is 11.8 Å². The number of amides is 2. The number of halogens is 4. The van der Waals surface area contributed by atoms with Crippen molar-refractivity contribution in [1.82, 2.24) is 10.6 Å². The third-order valence-corrected chi connectivity index (χ3v) is 16.4. The van der Waals surface area contributed by atoms with Gasteiger partial charge >= 0.3 is 11.9 Å². The van der Waals surface area contributed by atoms with Gasteiger partial charge in [-0.3, -0.25) is 19.2 Å². The van der Waals surface area contributed by atoms with E-state index in [1.54, 1.807) is 24.3 Å². The van der Waals surface area contributed by atoms with E-state index in [1.165, 1.54) is 38.5 Å². The van der Waals surface area contributed by atoms with Crippen LogP contribution in [0.15, 0.2) is 109 Å². The molecule has 0 aromatic heterocycles. The molecule has 0 spiro atoms. The highest BCUT2D eigenvalue weighted by atomic mass is 35.5. The van der Waals surface area contributed by atoms with E-state index in [9.17, 15) is 29.4 Å². The molecule has 14 nitrogen and oxygen atoms in total. The minimum absolute atomic E-state index is 0.00544. The first-order valence-electron chi connectivity index (χ1n) is 25.9. The van der Waals surface area contributed by atoms with Crippen LogP contribution in [0.25, 0.3) is 22.3 Å². The largest absolute Gasteiger partial charge is 0.494 e. The first-order chi connectivity index (χ1) is 37.5. The van der Waals surface area contributed by atoms with E-state index < -0.39 is 46.6 Å². The Bertz CT molecular complexity index is 3030. The molecule has 78 heavy (non-hydrogen) atoms. The predicted molar refractivity (Wildman–Crippen MR) is 292 cm³/mol. The summed E-state index contributed by atoms with van der Waals surface area (Å²) in [6, 6.07) is 32.2. The Morgan fingerprint density at radius 2 is 0.910 bits per heavy atom. The second kappa shape index (κ2) is 23.4. The van der Waals surface area contributed by atoms with Crippen molar-refractivity contribution in [3.63, 3.8) is 0 Å². The normalized spacial score (nSPS) is 22.1. The highest BCUT2D eigenvalue weighted by Gasteiger charge is 2.46. The van der Waals surface area contributed by atoms with Crippen LogP contribution in [-0.4, -0.2) is 73.4 Å². The summed E-state index contributed by atoms with van der Waals surface area (Å²) in [4.78, 5) is 47.5. The number of benzene rings is 6. The molecule has 408 valence electrons. The fraction of sp³-hybridized carbons (Fsp3) is 0.333. The van der Waals surface area contributed by atoms with Crippen molar-refractivity contribution in [2.45, 2.75) is 87.5 Å². The number of carboxylic acids is 2. The quantitative estimate of drug-likeness (QED) is 0.0533. The van der Waals surface area contributed by atoms with Crippen LogP contribution in [0.4, 0.5) is 8.78 Å². The van der Waals surface area contributed by atoms with Crippen LogP contribution in [0.1, 0.15) is 94.3 Å². The molecule has 0 bridgehead atoms. The summed E-state index contributed by atoms with van der Waals surface area (Å²) in [5.74, 6) is -4.12.